The van der Waals surface area contributed by atoms with Gasteiger partial charge in [-0.05, 0) is 30.9 Å². The number of hydrogen-bond donors (Lipinski definition) is 1. The second-order valence-corrected chi connectivity index (χ2v) is 3.78. The number of hydrogen-bond acceptors (Lipinski definition) is 3. The summed E-state index contributed by atoms with van der Waals surface area (Å²) >= 11 is 0. The fourth-order valence-corrected chi connectivity index (χ4v) is 2.20. The predicted octanol–water partition coefficient (Wildman–Crippen LogP) is 2.07. The van der Waals surface area contributed by atoms with Crippen LogP contribution in [0.2, 0.25) is 0 Å². The maximum Gasteiger partial charge on any atom is 0.164 e. The van der Waals surface area contributed by atoms with Crippen LogP contribution < -0.4 is 9.47 Å². The van der Waals surface area contributed by atoms with Crippen LogP contribution in [0.3, 0.4) is 0 Å². The molecular formula is C12H16O3. The number of fused-ring (bicyclic) bond motifs is 1. The monoisotopic (exact) mass is 208 g/mol. The number of rotatable bonds is 2. The standard InChI is InChI=1S/C12H16O3/c1-14-11-7-6-8-9(12(11)15-2)4-3-5-10(8)13/h6-7,10,13H,3-5H2,1-2H3. The summed E-state index contributed by atoms with van der Waals surface area (Å²) in [4.78, 5) is 0. The minimum Gasteiger partial charge on any atom is -0.493 e. The smallest absolute Gasteiger partial charge is 0.164 e. The van der Waals surface area contributed by atoms with E-state index in [0.717, 1.165) is 41.9 Å². The molecule has 0 radical (unpaired) electrons. The van der Waals surface area contributed by atoms with Crippen molar-refractivity contribution in [1.82, 2.24) is 0 Å². The third-order valence-corrected chi connectivity index (χ3v) is 2.95. The van der Waals surface area contributed by atoms with Gasteiger partial charge in [0.1, 0.15) is 0 Å². The molecule has 0 heterocycles. The topological polar surface area (TPSA) is 38.7 Å². The van der Waals surface area contributed by atoms with E-state index in [1.165, 1.54) is 0 Å². The van der Waals surface area contributed by atoms with Gasteiger partial charge in [-0.15, -0.1) is 0 Å². The van der Waals surface area contributed by atoms with Crippen LogP contribution in [0.25, 0.3) is 0 Å². The molecule has 1 aromatic rings. The normalized spacial score (nSPS) is 19.5. The van der Waals surface area contributed by atoms with Gasteiger partial charge in [-0.25, -0.2) is 0 Å². The minimum atomic E-state index is -0.353. The van der Waals surface area contributed by atoms with Crippen LogP contribution in [0, 0.1) is 0 Å². The molecule has 0 saturated heterocycles. The fraction of sp³-hybridized carbons (Fsp3) is 0.500. The number of aliphatic hydroxyl groups excluding tert-OH is 1. The molecule has 0 fully saturated rings. The van der Waals surface area contributed by atoms with Crippen molar-refractivity contribution in [2.75, 3.05) is 14.2 Å². The van der Waals surface area contributed by atoms with Crippen LogP contribution in [0.5, 0.6) is 11.5 Å². The molecule has 3 heteroatoms. The van der Waals surface area contributed by atoms with E-state index in [1.807, 2.05) is 12.1 Å². The molecule has 1 aliphatic rings. The first-order valence-corrected chi connectivity index (χ1v) is 5.19. The van der Waals surface area contributed by atoms with Crippen LogP contribution in [-0.4, -0.2) is 19.3 Å². The average Bonchev–Trinajstić information content (AvgIpc) is 2.28. The first-order valence-electron chi connectivity index (χ1n) is 5.19. The molecule has 0 spiro atoms. The second-order valence-electron chi connectivity index (χ2n) is 3.78. The second kappa shape index (κ2) is 4.11. The highest BCUT2D eigenvalue weighted by atomic mass is 16.5. The lowest BCUT2D eigenvalue weighted by molar-refractivity contribution is 0.155. The first kappa shape index (κ1) is 10.3. The number of aliphatic hydroxyl groups is 1. The Labute approximate surface area is 89.6 Å². The lowest BCUT2D eigenvalue weighted by Crippen LogP contribution is -2.11. The van der Waals surface area contributed by atoms with Gasteiger partial charge in [0.25, 0.3) is 0 Å². The van der Waals surface area contributed by atoms with Crippen LogP contribution in [0.15, 0.2) is 12.1 Å². The summed E-state index contributed by atoms with van der Waals surface area (Å²) in [7, 11) is 3.27. The molecular weight excluding hydrogens is 192 g/mol. The Morgan fingerprint density at radius 3 is 2.73 bits per heavy atom. The SMILES string of the molecule is COc1ccc2c(c1OC)CCCC2O. The quantitative estimate of drug-likeness (QED) is 0.808. The largest absolute Gasteiger partial charge is 0.493 e. The van der Waals surface area contributed by atoms with Gasteiger partial charge in [-0.3, -0.25) is 0 Å². The van der Waals surface area contributed by atoms with Gasteiger partial charge in [0.2, 0.25) is 0 Å². The molecule has 3 nitrogen and oxygen atoms in total. The van der Waals surface area contributed by atoms with E-state index < -0.39 is 0 Å². The summed E-state index contributed by atoms with van der Waals surface area (Å²) in [6.07, 6.45) is 2.43. The van der Waals surface area contributed by atoms with Crippen LogP contribution in [0.1, 0.15) is 30.1 Å². The third kappa shape index (κ3) is 1.67. The number of benzene rings is 1. The van der Waals surface area contributed by atoms with Crippen molar-refractivity contribution in [3.8, 4) is 11.5 Å². The highest BCUT2D eigenvalue weighted by Crippen LogP contribution is 2.40. The Kier molecular flexibility index (Phi) is 2.82. The van der Waals surface area contributed by atoms with Gasteiger partial charge in [-0.2, -0.15) is 0 Å². The Hall–Kier alpha value is -1.22. The molecule has 0 saturated carbocycles. The van der Waals surface area contributed by atoms with E-state index in [0.29, 0.717) is 0 Å². The molecule has 0 aliphatic heterocycles. The number of ether oxygens (including phenoxy) is 2. The van der Waals surface area contributed by atoms with E-state index >= 15 is 0 Å². The van der Waals surface area contributed by atoms with Crippen LogP contribution in [0.4, 0.5) is 0 Å². The molecule has 0 amide bonds. The van der Waals surface area contributed by atoms with Crippen molar-refractivity contribution in [1.29, 1.82) is 0 Å². The van der Waals surface area contributed by atoms with Crippen molar-refractivity contribution >= 4 is 0 Å². The van der Waals surface area contributed by atoms with Crippen molar-refractivity contribution < 1.29 is 14.6 Å². The Morgan fingerprint density at radius 1 is 1.27 bits per heavy atom. The molecule has 2 rings (SSSR count). The van der Waals surface area contributed by atoms with Crippen LogP contribution in [-0.2, 0) is 6.42 Å². The van der Waals surface area contributed by atoms with Crippen molar-refractivity contribution in [3.63, 3.8) is 0 Å². The van der Waals surface area contributed by atoms with Crippen molar-refractivity contribution in [2.24, 2.45) is 0 Å². The Bertz CT molecular complexity index is 360. The summed E-state index contributed by atoms with van der Waals surface area (Å²) in [6, 6.07) is 3.78. The molecule has 1 atom stereocenters. The maximum absolute atomic E-state index is 9.85. The molecule has 0 bridgehead atoms. The van der Waals surface area contributed by atoms with Gasteiger partial charge in [-0.1, -0.05) is 6.07 Å². The lowest BCUT2D eigenvalue weighted by atomic mass is 9.88. The van der Waals surface area contributed by atoms with Gasteiger partial charge in [0.15, 0.2) is 11.5 Å². The van der Waals surface area contributed by atoms with E-state index in [1.54, 1.807) is 14.2 Å². The number of methoxy groups -OCH3 is 2. The van der Waals surface area contributed by atoms with Crippen molar-refractivity contribution in [2.45, 2.75) is 25.4 Å². The summed E-state index contributed by atoms with van der Waals surface area (Å²) in [5.74, 6) is 1.51. The van der Waals surface area contributed by atoms with Gasteiger partial charge >= 0.3 is 0 Å². The van der Waals surface area contributed by atoms with Crippen LogP contribution >= 0.6 is 0 Å². The molecule has 82 valence electrons. The zero-order valence-electron chi connectivity index (χ0n) is 9.12. The molecule has 1 unspecified atom stereocenters. The maximum atomic E-state index is 9.85. The van der Waals surface area contributed by atoms with E-state index in [4.69, 9.17) is 9.47 Å². The highest BCUT2D eigenvalue weighted by molar-refractivity contribution is 5.52. The van der Waals surface area contributed by atoms with Gasteiger partial charge < -0.3 is 14.6 Å². The Morgan fingerprint density at radius 2 is 2.07 bits per heavy atom. The summed E-state index contributed by atoms with van der Waals surface area (Å²) in [5.41, 5.74) is 2.08. The molecule has 1 aromatic carbocycles. The van der Waals surface area contributed by atoms with Gasteiger partial charge in [0.05, 0.1) is 20.3 Å². The Balaban J connectivity index is 2.53. The van der Waals surface area contributed by atoms with E-state index in [2.05, 4.69) is 0 Å². The zero-order chi connectivity index (χ0) is 10.8. The molecule has 1 N–H and O–H groups in total. The lowest BCUT2D eigenvalue weighted by Gasteiger charge is -2.24. The summed E-state index contributed by atoms with van der Waals surface area (Å²) in [5, 5.41) is 9.85. The zero-order valence-corrected chi connectivity index (χ0v) is 9.12. The minimum absolute atomic E-state index is 0.353. The predicted molar refractivity (Wildman–Crippen MR) is 57.4 cm³/mol. The van der Waals surface area contributed by atoms with Crippen molar-refractivity contribution in [3.05, 3.63) is 23.3 Å². The third-order valence-electron chi connectivity index (χ3n) is 2.95. The van der Waals surface area contributed by atoms with E-state index in [9.17, 15) is 5.11 Å². The molecule has 15 heavy (non-hydrogen) atoms. The fourth-order valence-electron chi connectivity index (χ4n) is 2.20. The first-order chi connectivity index (χ1) is 7.27. The average molecular weight is 208 g/mol. The summed E-state index contributed by atoms with van der Waals surface area (Å²) < 4.78 is 10.6. The van der Waals surface area contributed by atoms with E-state index in [-0.39, 0.29) is 6.10 Å². The highest BCUT2D eigenvalue weighted by Gasteiger charge is 2.23. The molecule has 1 aliphatic carbocycles. The summed E-state index contributed by atoms with van der Waals surface area (Å²) in [6.45, 7) is 0. The molecule has 0 aromatic heterocycles. The van der Waals surface area contributed by atoms with Gasteiger partial charge in [0, 0.05) is 5.56 Å².